The van der Waals surface area contributed by atoms with E-state index in [0.717, 1.165) is 5.56 Å². The zero-order valence-electron chi connectivity index (χ0n) is 15.5. The quantitative estimate of drug-likeness (QED) is 0.698. The van der Waals surface area contributed by atoms with Gasteiger partial charge >= 0.3 is 0 Å². The molecule has 0 spiro atoms. The number of carbonyl (C=O) groups is 2. The molecule has 1 aliphatic heterocycles. The molecular formula is C22H18ClN3O2S. The molecule has 146 valence electrons. The third kappa shape index (κ3) is 4.60. The Morgan fingerprint density at radius 2 is 1.97 bits per heavy atom. The maximum Gasteiger partial charge on any atom is 0.264 e. The van der Waals surface area contributed by atoms with Crippen LogP contribution < -0.4 is 0 Å². The Morgan fingerprint density at radius 3 is 2.72 bits per heavy atom. The zero-order chi connectivity index (χ0) is 20.2. The highest BCUT2D eigenvalue weighted by Crippen LogP contribution is 2.18. The molecule has 4 rings (SSSR count). The summed E-state index contributed by atoms with van der Waals surface area (Å²) in [5.74, 6) is -0.390. The van der Waals surface area contributed by atoms with Crippen molar-refractivity contribution >= 4 is 46.3 Å². The Kier molecular flexibility index (Phi) is 5.83. The number of hydrogen-bond acceptors (Lipinski definition) is 4. The molecule has 7 heteroatoms. The van der Waals surface area contributed by atoms with Crippen LogP contribution in [0, 0.1) is 5.92 Å². The molecule has 0 bridgehead atoms. The van der Waals surface area contributed by atoms with Crippen molar-refractivity contribution in [2.75, 3.05) is 13.1 Å². The van der Waals surface area contributed by atoms with Crippen LogP contribution in [0.25, 0.3) is 0 Å². The summed E-state index contributed by atoms with van der Waals surface area (Å²) in [4.78, 5) is 36.4. The highest BCUT2D eigenvalue weighted by Gasteiger charge is 2.28. The lowest BCUT2D eigenvalue weighted by atomic mass is 9.96. The van der Waals surface area contributed by atoms with Gasteiger partial charge in [0, 0.05) is 11.6 Å². The molecular weight excluding hydrogens is 406 g/mol. The van der Waals surface area contributed by atoms with Crippen molar-refractivity contribution in [2.45, 2.75) is 6.42 Å². The van der Waals surface area contributed by atoms with E-state index in [-0.39, 0.29) is 18.4 Å². The molecule has 2 aromatic rings. The summed E-state index contributed by atoms with van der Waals surface area (Å²) in [5.41, 5.74) is 1.75. The van der Waals surface area contributed by atoms with Gasteiger partial charge in [0.15, 0.2) is 5.84 Å². The molecule has 0 radical (unpaired) electrons. The zero-order valence-corrected chi connectivity index (χ0v) is 17.1. The summed E-state index contributed by atoms with van der Waals surface area (Å²) in [7, 11) is 0. The summed E-state index contributed by atoms with van der Waals surface area (Å²) in [6.07, 6.45) is 7.94. The van der Waals surface area contributed by atoms with Crippen molar-refractivity contribution in [1.29, 1.82) is 0 Å². The minimum Gasteiger partial charge on any atom is -0.330 e. The van der Waals surface area contributed by atoms with Crippen molar-refractivity contribution in [3.63, 3.8) is 0 Å². The smallest absolute Gasteiger partial charge is 0.264 e. The van der Waals surface area contributed by atoms with E-state index in [9.17, 15) is 9.59 Å². The second-order valence-corrected chi connectivity index (χ2v) is 8.09. The second kappa shape index (κ2) is 8.68. The predicted octanol–water partition coefficient (Wildman–Crippen LogP) is 4.21. The van der Waals surface area contributed by atoms with Crippen LogP contribution in [0.4, 0.5) is 0 Å². The van der Waals surface area contributed by atoms with Crippen LogP contribution in [0.3, 0.4) is 0 Å². The van der Waals surface area contributed by atoms with E-state index in [1.165, 1.54) is 11.3 Å². The number of allylic oxidation sites excluding steroid dienone is 3. The Labute approximate surface area is 177 Å². The first-order valence-electron chi connectivity index (χ1n) is 9.22. The SMILES string of the molecule is O=C1N=C(CN(CCc2ccc(Cl)cc2)C(=O)c2cccs2)N=C2C=CC=CC12. The van der Waals surface area contributed by atoms with Gasteiger partial charge in [0.05, 0.1) is 17.1 Å². The molecule has 1 unspecified atom stereocenters. The van der Waals surface area contributed by atoms with Gasteiger partial charge in [0.2, 0.25) is 0 Å². The summed E-state index contributed by atoms with van der Waals surface area (Å²) < 4.78 is 0. The molecule has 1 aromatic carbocycles. The van der Waals surface area contributed by atoms with Gasteiger partial charge in [-0.2, -0.15) is 4.99 Å². The van der Waals surface area contributed by atoms with Crippen molar-refractivity contribution in [2.24, 2.45) is 15.9 Å². The van der Waals surface area contributed by atoms with Crippen LogP contribution >= 0.6 is 22.9 Å². The molecule has 2 heterocycles. The maximum absolute atomic E-state index is 13.0. The number of rotatable bonds is 6. The molecule has 0 saturated carbocycles. The van der Waals surface area contributed by atoms with Crippen molar-refractivity contribution in [3.8, 4) is 0 Å². The van der Waals surface area contributed by atoms with E-state index in [2.05, 4.69) is 9.98 Å². The largest absolute Gasteiger partial charge is 0.330 e. The molecule has 1 atom stereocenters. The fourth-order valence-electron chi connectivity index (χ4n) is 3.18. The number of halogens is 1. The summed E-state index contributed by atoms with van der Waals surface area (Å²) in [6.45, 7) is 0.666. The van der Waals surface area contributed by atoms with Gasteiger partial charge in [-0.3, -0.25) is 9.59 Å². The highest BCUT2D eigenvalue weighted by molar-refractivity contribution is 7.12. The number of thiophene rings is 1. The fourth-order valence-corrected chi connectivity index (χ4v) is 4.00. The molecule has 1 aromatic heterocycles. The average molecular weight is 424 g/mol. The number of hydrogen-bond donors (Lipinski definition) is 0. The molecule has 29 heavy (non-hydrogen) atoms. The molecule has 2 aliphatic rings. The van der Waals surface area contributed by atoms with Crippen LogP contribution in [-0.4, -0.2) is 41.4 Å². The Hall–Kier alpha value is -2.83. The Balaban J connectivity index is 1.53. The molecule has 0 fully saturated rings. The predicted molar refractivity (Wildman–Crippen MR) is 117 cm³/mol. The standard InChI is InChI=1S/C22H18ClN3O2S/c23-16-9-7-15(8-10-16)11-12-26(22(28)19-6-3-13-29-19)14-20-24-18-5-2-1-4-17(18)21(27)25-20/h1-10,13,17H,11-12,14H2. The topological polar surface area (TPSA) is 62.1 Å². The van der Waals surface area contributed by atoms with Gasteiger partial charge in [-0.05, 0) is 41.6 Å². The number of aliphatic imine (C=N–C) groups is 2. The van der Waals surface area contributed by atoms with Crippen molar-refractivity contribution in [3.05, 3.63) is 81.5 Å². The fraction of sp³-hybridized carbons (Fsp3) is 0.182. The van der Waals surface area contributed by atoms with Crippen LogP contribution in [-0.2, 0) is 11.2 Å². The van der Waals surface area contributed by atoms with E-state index in [1.54, 1.807) is 17.0 Å². The minimum absolute atomic E-state index is 0.0921. The van der Waals surface area contributed by atoms with Gasteiger partial charge in [-0.1, -0.05) is 48.0 Å². The van der Waals surface area contributed by atoms with E-state index < -0.39 is 5.92 Å². The first-order chi connectivity index (χ1) is 14.1. The molecule has 5 nitrogen and oxygen atoms in total. The lowest BCUT2D eigenvalue weighted by Gasteiger charge is -2.24. The lowest BCUT2D eigenvalue weighted by Crippen LogP contribution is -2.39. The van der Waals surface area contributed by atoms with Crippen LogP contribution in [0.15, 0.2) is 76.1 Å². The van der Waals surface area contributed by atoms with Crippen LogP contribution in [0.1, 0.15) is 15.2 Å². The monoisotopic (exact) mass is 423 g/mol. The maximum atomic E-state index is 13.0. The summed E-state index contributed by atoms with van der Waals surface area (Å²) >= 11 is 7.35. The number of benzene rings is 1. The molecule has 0 N–H and O–H groups in total. The molecule has 0 saturated heterocycles. The van der Waals surface area contributed by atoms with E-state index in [4.69, 9.17) is 11.6 Å². The first kappa shape index (κ1) is 19.5. The normalized spacial score (nSPS) is 17.6. The number of amides is 2. The number of fused-ring (bicyclic) bond motifs is 1. The van der Waals surface area contributed by atoms with E-state index in [0.29, 0.717) is 34.4 Å². The highest BCUT2D eigenvalue weighted by atomic mass is 35.5. The van der Waals surface area contributed by atoms with E-state index in [1.807, 2.05) is 53.9 Å². The minimum atomic E-state index is -0.417. The Morgan fingerprint density at radius 1 is 1.14 bits per heavy atom. The van der Waals surface area contributed by atoms with Crippen LogP contribution in [0.2, 0.25) is 5.02 Å². The lowest BCUT2D eigenvalue weighted by molar-refractivity contribution is -0.118. The second-order valence-electron chi connectivity index (χ2n) is 6.71. The Bertz CT molecular complexity index is 1040. The summed E-state index contributed by atoms with van der Waals surface area (Å²) in [5, 5.41) is 2.55. The van der Waals surface area contributed by atoms with E-state index >= 15 is 0 Å². The molecule has 2 amide bonds. The third-order valence-corrected chi connectivity index (χ3v) is 5.81. The van der Waals surface area contributed by atoms with Gasteiger partial charge < -0.3 is 4.90 Å². The third-order valence-electron chi connectivity index (χ3n) is 4.70. The first-order valence-corrected chi connectivity index (χ1v) is 10.5. The van der Waals surface area contributed by atoms with Crippen molar-refractivity contribution < 1.29 is 9.59 Å². The number of amidine groups is 1. The van der Waals surface area contributed by atoms with Crippen molar-refractivity contribution in [1.82, 2.24) is 4.90 Å². The number of carbonyl (C=O) groups excluding carboxylic acids is 2. The van der Waals surface area contributed by atoms with Gasteiger partial charge in [-0.15, -0.1) is 11.3 Å². The van der Waals surface area contributed by atoms with Gasteiger partial charge in [-0.25, -0.2) is 4.99 Å². The molecule has 1 aliphatic carbocycles. The number of nitrogens with zero attached hydrogens (tertiary/aromatic N) is 3. The average Bonchev–Trinajstić information content (AvgIpc) is 3.27. The van der Waals surface area contributed by atoms with Crippen LogP contribution in [0.5, 0.6) is 0 Å². The van der Waals surface area contributed by atoms with Gasteiger partial charge in [0.1, 0.15) is 5.92 Å². The van der Waals surface area contributed by atoms with Gasteiger partial charge in [0.25, 0.3) is 11.8 Å². The summed E-state index contributed by atoms with van der Waals surface area (Å²) in [6, 6.07) is 11.2.